The number of nitrogens with zero attached hydrogens (tertiary/aromatic N) is 4. The number of benzene rings is 2. The van der Waals surface area contributed by atoms with Crippen LogP contribution in [0, 0.1) is 5.82 Å². The topological polar surface area (TPSA) is 68.1 Å². The van der Waals surface area contributed by atoms with Crippen LogP contribution in [0.3, 0.4) is 0 Å². The van der Waals surface area contributed by atoms with Gasteiger partial charge in [0, 0.05) is 31.5 Å². The van der Waals surface area contributed by atoms with Crippen LogP contribution in [0.25, 0.3) is 11.4 Å². The minimum absolute atomic E-state index is 0.238. The van der Waals surface area contributed by atoms with Gasteiger partial charge >= 0.3 is 0 Å². The maximum absolute atomic E-state index is 13.0. The third kappa shape index (κ3) is 4.68. The fourth-order valence-corrected chi connectivity index (χ4v) is 5.30. The van der Waals surface area contributed by atoms with Crippen molar-refractivity contribution in [1.29, 1.82) is 0 Å². The molecule has 3 aromatic rings. The molecule has 0 fully saturated rings. The number of aromatic nitrogens is 3. The molecular formula is C20H23FN4O2S2. The van der Waals surface area contributed by atoms with Crippen LogP contribution in [0.1, 0.15) is 19.4 Å². The van der Waals surface area contributed by atoms with E-state index in [1.54, 1.807) is 30.3 Å². The largest absolute Gasteiger partial charge is 0.305 e. The Kier molecular flexibility index (Phi) is 6.71. The molecule has 0 aliphatic carbocycles. The second-order valence-electron chi connectivity index (χ2n) is 6.40. The predicted molar refractivity (Wildman–Crippen MR) is 113 cm³/mol. The van der Waals surface area contributed by atoms with E-state index in [0.29, 0.717) is 35.4 Å². The maximum atomic E-state index is 13.0. The smallest absolute Gasteiger partial charge is 0.243 e. The van der Waals surface area contributed by atoms with Gasteiger partial charge in [0.2, 0.25) is 10.0 Å². The van der Waals surface area contributed by atoms with E-state index < -0.39 is 10.0 Å². The highest BCUT2D eigenvalue weighted by atomic mass is 32.2. The van der Waals surface area contributed by atoms with E-state index in [4.69, 9.17) is 0 Å². The lowest BCUT2D eigenvalue weighted by molar-refractivity contribution is 0.445. The molecule has 1 aromatic heterocycles. The molecule has 3 rings (SSSR count). The minimum Gasteiger partial charge on any atom is -0.305 e. The van der Waals surface area contributed by atoms with Crippen LogP contribution in [0.5, 0.6) is 0 Å². The molecule has 0 saturated carbocycles. The van der Waals surface area contributed by atoms with E-state index in [1.165, 1.54) is 28.2 Å². The highest BCUT2D eigenvalue weighted by Crippen LogP contribution is 2.27. The number of rotatable bonds is 8. The third-order valence-electron chi connectivity index (χ3n) is 4.55. The molecule has 6 nitrogen and oxygen atoms in total. The van der Waals surface area contributed by atoms with Gasteiger partial charge in [0.1, 0.15) is 5.82 Å². The fourth-order valence-electron chi connectivity index (χ4n) is 2.93. The molecule has 2 aromatic carbocycles. The monoisotopic (exact) mass is 434 g/mol. The van der Waals surface area contributed by atoms with Gasteiger partial charge in [0.15, 0.2) is 11.0 Å². The quantitative estimate of drug-likeness (QED) is 0.502. The summed E-state index contributed by atoms with van der Waals surface area (Å²) in [5, 5.41) is 9.17. The molecule has 9 heteroatoms. The van der Waals surface area contributed by atoms with Crippen LogP contribution in [-0.2, 0) is 22.8 Å². The van der Waals surface area contributed by atoms with Crippen molar-refractivity contribution >= 4 is 21.8 Å². The highest BCUT2D eigenvalue weighted by molar-refractivity contribution is 7.98. The van der Waals surface area contributed by atoms with Gasteiger partial charge in [0.05, 0.1) is 4.90 Å². The Hall–Kier alpha value is -2.23. The first-order valence-corrected chi connectivity index (χ1v) is 11.7. The first-order valence-electron chi connectivity index (χ1n) is 9.24. The Morgan fingerprint density at radius 3 is 2.41 bits per heavy atom. The van der Waals surface area contributed by atoms with E-state index in [0.717, 1.165) is 5.56 Å². The average molecular weight is 435 g/mol. The summed E-state index contributed by atoms with van der Waals surface area (Å²) in [5.41, 5.74) is 1.66. The van der Waals surface area contributed by atoms with E-state index in [1.807, 2.05) is 31.5 Å². The normalized spacial score (nSPS) is 11.9. The van der Waals surface area contributed by atoms with E-state index in [9.17, 15) is 12.8 Å². The zero-order valence-corrected chi connectivity index (χ0v) is 18.2. The Balaban J connectivity index is 1.84. The van der Waals surface area contributed by atoms with Crippen molar-refractivity contribution in [2.75, 3.05) is 13.1 Å². The van der Waals surface area contributed by atoms with E-state index in [2.05, 4.69) is 10.2 Å². The van der Waals surface area contributed by atoms with Crippen LogP contribution in [0.2, 0.25) is 0 Å². The Labute approximate surface area is 174 Å². The average Bonchev–Trinajstić information content (AvgIpc) is 3.09. The zero-order valence-electron chi connectivity index (χ0n) is 16.5. The number of sulfonamides is 1. The van der Waals surface area contributed by atoms with Crippen molar-refractivity contribution in [2.45, 2.75) is 29.7 Å². The van der Waals surface area contributed by atoms with Crippen molar-refractivity contribution in [1.82, 2.24) is 19.1 Å². The molecule has 0 aliphatic heterocycles. The summed E-state index contributed by atoms with van der Waals surface area (Å²) in [5.74, 6) is 0.949. The van der Waals surface area contributed by atoms with Crippen molar-refractivity contribution < 1.29 is 12.8 Å². The van der Waals surface area contributed by atoms with Crippen LogP contribution in [-0.4, -0.2) is 40.6 Å². The maximum Gasteiger partial charge on any atom is 0.243 e. The van der Waals surface area contributed by atoms with Crippen LogP contribution < -0.4 is 0 Å². The summed E-state index contributed by atoms with van der Waals surface area (Å²) in [7, 11) is -1.71. The second-order valence-corrected chi connectivity index (χ2v) is 9.28. The summed E-state index contributed by atoms with van der Waals surface area (Å²) < 4.78 is 41.9. The molecule has 154 valence electrons. The van der Waals surface area contributed by atoms with Gasteiger partial charge in [-0.25, -0.2) is 12.8 Å². The number of hydrogen-bond acceptors (Lipinski definition) is 5. The molecule has 1 heterocycles. The lowest BCUT2D eigenvalue weighted by Crippen LogP contribution is -2.30. The number of thioether (sulfide) groups is 1. The molecule has 0 unspecified atom stereocenters. The number of hydrogen-bond donors (Lipinski definition) is 0. The van der Waals surface area contributed by atoms with E-state index in [-0.39, 0.29) is 10.7 Å². The molecule has 0 atom stereocenters. The first-order chi connectivity index (χ1) is 13.9. The second kappa shape index (κ2) is 9.06. The van der Waals surface area contributed by atoms with Gasteiger partial charge in [-0.3, -0.25) is 0 Å². The molecule has 0 saturated heterocycles. The Morgan fingerprint density at radius 1 is 1.07 bits per heavy atom. The highest BCUT2D eigenvalue weighted by Gasteiger charge is 2.22. The fraction of sp³-hybridized carbons (Fsp3) is 0.300. The molecule has 0 spiro atoms. The first kappa shape index (κ1) is 21.5. The standard InChI is InChI=1S/C20H23FN4O2S2/c1-4-25(5-2)29(26,27)18-8-6-7-16(13-18)19-22-23-20(24(19)3)28-14-15-9-11-17(21)12-10-15/h6-13H,4-5,14H2,1-3H3. The molecule has 0 aliphatic rings. The van der Waals surface area contributed by atoms with Gasteiger partial charge in [-0.15, -0.1) is 10.2 Å². The third-order valence-corrected chi connectivity index (χ3v) is 7.69. The summed E-state index contributed by atoms with van der Waals surface area (Å²) in [6, 6.07) is 13.1. The van der Waals surface area contributed by atoms with Gasteiger partial charge in [-0.05, 0) is 29.8 Å². The van der Waals surface area contributed by atoms with Crippen LogP contribution >= 0.6 is 11.8 Å². The molecule has 29 heavy (non-hydrogen) atoms. The van der Waals surface area contributed by atoms with E-state index >= 15 is 0 Å². The molecule has 0 N–H and O–H groups in total. The van der Waals surface area contributed by atoms with Crippen LogP contribution in [0.4, 0.5) is 4.39 Å². The van der Waals surface area contributed by atoms with Crippen molar-refractivity contribution in [3.8, 4) is 11.4 Å². The zero-order chi connectivity index (χ0) is 21.0. The molecule has 0 bridgehead atoms. The van der Waals surface area contributed by atoms with Crippen molar-refractivity contribution in [3.63, 3.8) is 0 Å². The Morgan fingerprint density at radius 2 is 1.76 bits per heavy atom. The molecule has 0 radical (unpaired) electrons. The SMILES string of the molecule is CCN(CC)S(=O)(=O)c1cccc(-c2nnc(SCc3ccc(F)cc3)n2C)c1. The Bertz CT molecular complexity index is 1080. The summed E-state index contributed by atoms with van der Waals surface area (Å²) >= 11 is 1.48. The molecular weight excluding hydrogens is 411 g/mol. The molecule has 0 amide bonds. The minimum atomic E-state index is -3.55. The van der Waals surface area contributed by atoms with Gasteiger partial charge in [-0.1, -0.05) is 49.9 Å². The summed E-state index contributed by atoms with van der Waals surface area (Å²) in [6.07, 6.45) is 0. The summed E-state index contributed by atoms with van der Waals surface area (Å²) in [6.45, 7) is 4.46. The van der Waals surface area contributed by atoms with Gasteiger partial charge in [-0.2, -0.15) is 4.31 Å². The van der Waals surface area contributed by atoms with Gasteiger partial charge < -0.3 is 4.57 Å². The predicted octanol–water partition coefficient (Wildman–Crippen LogP) is 3.94. The van der Waals surface area contributed by atoms with Gasteiger partial charge in [0.25, 0.3) is 0 Å². The lowest BCUT2D eigenvalue weighted by atomic mass is 10.2. The lowest BCUT2D eigenvalue weighted by Gasteiger charge is -2.18. The van der Waals surface area contributed by atoms with Crippen molar-refractivity contribution in [2.24, 2.45) is 7.05 Å². The number of halogens is 1. The van der Waals surface area contributed by atoms with Crippen LogP contribution in [0.15, 0.2) is 58.6 Å². The summed E-state index contributed by atoms with van der Waals surface area (Å²) in [4.78, 5) is 0.238. The van der Waals surface area contributed by atoms with Crippen molar-refractivity contribution in [3.05, 3.63) is 59.9 Å².